The van der Waals surface area contributed by atoms with Crippen LogP contribution in [-0.2, 0) is 14.3 Å². The predicted molar refractivity (Wildman–Crippen MR) is 87.4 cm³/mol. The summed E-state index contributed by atoms with van der Waals surface area (Å²) < 4.78 is 12.0. The molecule has 0 aromatic rings. The van der Waals surface area contributed by atoms with Gasteiger partial charge in [-0.3, -0.25) is 0 Å². The molecule has 2 fully saturated rings. The zero-order chi connectivity index (χ0) is 16.6. The van der Waals surface area contributed by atoms with Gasteiger partial charge in [-0.05, 0) is 42.9 Å². The van der Waals surface area contributed by atoms with Gasteiger partial charge >= 0.3 is 5.97 Å². The Bertz CT molecular complexity index is 419. The molecule has 0 heterocycles. The fourth-order valence-electron chi connectivity index (χ4n) is 4.46. The van der Waals surface area contributed by atoms with Gasteiger partial charge in [0.1, 0.15) is 6.54 Å². The van der Waals surface area contributed by atoms with E-state index in [0.717, 1.165) is 19.1 Å². The van der Waals surface area contributed by atoms with Crippen LogP contribution in [0.4, 0.5) is 0 Å². The lowest BCUT2D eigenvalue weighted by molar-refractivity contribution is -0.883. The quantitative estimate of drug-likeness (QED) is 0.536. The van der Waals surface area contributed by atoms with Crippen LogP contribution in [0.2, 0.25) is 0 Å². The van der Waals surface area contributed by atoms with Crippen LogP contribution in [0.15, 0.2) is 0 Å². The van der Waals surface area contributed by atoms with E-state index in [1.165, 1.54) is 19.3 Å². The highest BCUT2D eigenvalue weighted by atomic mass is 16.5. The Labute approximate surface area is 135 Å². The monoisotopic (exact) mass is 312 g/mol. The zero-order valence-electron chi connectivity index (χ0n) is 15.3. The molecule has 0 amide bonds. The molecule has 22 heavy (non-hydrogen) atoms. The highest BCUT2D eigenvalue weighted by molar-refractivity contribution is 5.70. The third-order valence-corrected chi connectivity index (χ3v) is 6.59. The number of quaternary nitrogens is 1. The van der Waals surface area contributed by atoms with Crippen LogP contribution < -0.4 is 0 Å². The van der Waals surface area contributed by atoms with Crippen LogP contribution in [0.3, 0.4) is 0 Å². The Morgan fingerprint density at radius 3 is 2.45 bits per heavy atom. The largest absolute Gasteiger partial charge is 0.462 e. The number of likely N-dealkylation sites (N-methyl/N-ethyl adjacent to an activating group) is 1. The maximum Gasteiger partial charge on any atom is 0.361 e. The average molecular weight is 312 g/mol. The van der Waals surface area contributed by atoms with Gasteiger partial charge in [0.05, 0.1) is 33.4 Å². The van der Waals surface area contributed by atoms with Crippen LogP contribution in [0.25, 0.3) is 0 Å². The lowest BCUT2D eigenvalue weighted by Gasteiger charge is -2.39. The summed E-state index contributed by atoms with van der Waals surface area (Å²) in [7, 11) is 4.12. The number of fused-ring (bicyclic) bond motifs is 2. The first kappa shape index (κ1) is 17.7. The van der Waals surface area contributed by atoms with E-state index in [1.807, 2.05) is 6.92 Å². The van der Waals surface area contributed by atoms with E-state index in [-0.39, 0.29) is 5.97 Å². The van der Waals surface area contributed by atoms with E-state index in [2.05, 4.69) is 34.9 Å². The minimum Gasteiger partial charge on any atom is -0.462 e. The van der Waals surface area contributed by atoms with Gasteiger partial charge in [-0.25, -0.2) is 4.79 Å². The normalized spacial score (nSPS) is 33.2. The van der Waals surface area contributed by atoms with Crippen molar-refractivity contribution >= 4 is 5.97 Å². The Morgan fingerprint density at radius 2 is 1.95 bits per heavy atom. The van der Waals surface area contributed by atoms with E-state index < -0.39 is 0 Å². The van der Waals surface area contributed by atoms with Crippen molar-refractivity contribution in [1.82, 2.24) is 0 Å². The summed E-state index contributed by atoms with van der Waals surface area (Å²) in [6, 6.07) is 0. The molecule has 2 aliphatic carbocycles. The fourth-order valence-corrected chi connectivity index (χ4v) is 4.46. The van der Waals surface area contributed by atoms with Gasteiger partial charge in [0.25, 0.3) is 0 Å². The molecule has 2 aliphatic rings. The number of carbonyl (C=O) groups is 1. The lowest BCUT2D eigenvalue weighted by atomic mass is 9.70. The molecule has 0 unspecified atom stereocenters. The SMILES string of the molecule is CCOC(=O)C[N+](C)(C)CCO[C@@H]1C[C@@H]2CC[C@@]1(C)C2(C)C. The molecular weight excluding hydrogens is 278 g/mol. The number of hydrogen-bond acceptors (Lipinski definition) is 3. The fraction of sp³-hybridized carbons (Fsp3) is 0.944. The molecule has 4 heteroatoms. The van der Waals surface area contributed by atoms with Crippen LogP contribution >= 0.6 is 0 Å². The standard InChI is InChI=1S/C18H34NO3/c1-7-21-16(20)13-19(5,6)10-11-22-15-12-14-8-9-18(15,4)17(14,2)3/h14-15H,7-13H2,1-6H3/q+1/t14-,15+,18+/m0/s1. The smallest absolute Gasteiger partial charge is 0.361 e. The maximum atomic E-state index is 11.6. The predicted octanol–water partition coefficient (Wildman–Crippen LogP) is 2.86. The van der Waals surface area contributed by atoms with Gasteiger partial charge in [0.15, 0.2) is 6.54 Å². The summed E-state index contributed by atoms with van der Waals surface area (Å²) in [6.07, 6.45) is 4.22. The Balaban J connectivity index is 1.81. The van der Waals surface area contributed by atoms with Gasteiger partial charge in [-0.1, -0.05) is 20.8 Å². The molecule has 0 saturated heterocycles. The minimum atomic E-state index is -0.125. The van der Waals surface area contributed by atoms with Crippen molar-refractivity contribution in [2.45, 2.75) is 53.1 Å². The molecule has 0 N–H and O–H groups in total. The molecule has 3 atom stereocenters. The molecule has 4 nitrogen and oxygen atoms in total. The van der Waals surface area contributed by atoms with E-state index in [9.17, 15) is 4.79 Å². The van der Waals surface area contributed by atoms with Gasteiger partial charge in [-0.2, -0.15) is 0 Å². The number of nitrogens with zero attached hydrogens (tertiary/aromatic N) is 1. The lowest BCUT2D eigenvalue weighted by Crippen LogP contribution is -2.47. The van der Waals surface area contributed by atoms with E-state index in [4.69, 9.17) is 9.47 Å². The first-order valence-corrected chi connectivity index (χ1v) is 8.71. The number of esters is 1. The van der Waals surface area contributed by atoms with Crippen LogP contribution in [0.5, 0.6) is 0 Å². The third kappa shape index (κ3) is 3.18. The van der Waals surface area contributed by atoms with Gasteiger partial charge < -0.3 is 14.0 Å². The van der Waals surface area contributed by atoms with Crippen LogP contribution in [0.1, 0.15) is 47.0 Å². The molecule has 128 valence electrons. The summed E-state index contributed by atoms with van der Waals surface area (Å²) in [5, 5.41) is 0. The molecule has 0 aromatic heterocycles. The van der Waals surface area contributed by atoms with Gasteiger partial charge in [-0.15, -0.1) is 0 Å². The average Bonchev–Trinajstić information content (AvgIpc) is 2.71. The molecule has 0 aliphatic heterocycles. The Morgan fingerprint density at radius 1 is 1.27 bits per heavy atom. The topological polar surface area (TPSA) is 35.5 Å². The summed E-state index contributed by atoms with van der Waals surface area (Å²) >= 11 is 0. The number of hydrogen-bond donors (Lipinski definition) is 0. The van der Waals surface area contributed by atoms with E-state index in [1.54, 1.807) is 0 Å². The second-order valence-corrected chi connectivity index (χ2v) is 8.59. The van der Waals surface area contributed by atoms with Crippen molar-refractivity contribution in [3.05, 3.63) is 0 Å². The molecule has 0 spiro atoms. The molecule has 2 rings (SSSR count). The van der Waals surface area contributed by atoms with Crippen molar-refractivity contribution in [1.29, 1.82) is 0 Å². The van der Waals surface area contributed by atoms with Gasteiger partial charge in [0, 0.05) is 0 Å². The van der Waals surface area contributed by atoms with Crippen LogP contribution in [0, 0.1) is 16.7 Å². The molecule has 2 bridgehead atoms. The second kappa shape index (κ2) is 6.12. The maximum absolute atomic E-state index is 11.6. The number of rotatable bonds is 7. The van der Waals surface area contributed by atoms with Crippen molar-refractivity contribution in [2.24, 2.45) is 16.7 Å². The molecule has 0 aromatic carbocycles. The highest BCUT2D eigenvalue weighted by Crippen LogP contribution is 2.66. The van der Waals surface area contributed by atoms with E-state index in [0.29, 0.717) is 34.6 Å². The second-order valence-electron chi connectivity index (χ2n) is 8.59. The van der Waals surface area contributed by atoms with Crippen molar-refractivity contribution < 1.29 is 18.8 Å². The Hall–Kier alpha value is -0.610. The third-order valence-electron chi connectivity index (χ3n) is 6.59. The summed E-state index contributed by atoms with van der Waals surface area (Å²) in [5.74, 6) is 0.685. The molecular formula is C18H34NO3+. The first-order valence-electron chi connectivity index (χ1n) is 8.71. The highest BCUT2D eigenvalue weighted by Gasteiger charge is 2.61. The van der Waals surface area contributed by atoms with Crippen molar-refractivity contribution in [3.63, 3.8) is 0 Å². The summed E-state index contributed by atoms with van der Waals surface area (Å²) in [6.45, 7) is 11.5. The minimum absolute atomic E-state index is 0.125. The van der Waals surface area contributed by atoms with Crippen molar-refractivity contribution in [2.75, 3.05) is 40.4 Å². The van der Waals surface area contributed by atoms with Crippen molar-refractivity contribution in [3.8, 4) is 0 Å². The van der Waals surface area contributed by atoms with Crippen LogP contribution in [-0.4, -0.2) is 57.0 Å². The number of carbonyl (C=O) groups excluding carboxylic acids is 1. The molecule has 0 radical (unpaired) electrons. The molecule has 2 saturated carbocycles. The number of ether oxygens (including phenoxy) is 2. The first-order chi connectivity index (χ1) is 10.1. The summed E-state index contributed by atoms with van der Waals surface area (Å²) in [4.78, 5) is 11.6. The zero-order valence-corrected chi connectivity index (χ0v) is 15.3. The van der Waals surface area contributed by atoms with Gasteiger partial charge in [0.2, 0.25) is 0 Å². The Kier molecular flexibility index (Phi) is 4.94. The van der Waals surface area contributed by atoms with E-state index >= 15 is 0 Å². The summed E-state index contributed by atoms with van der Waals surface area (Å²) in [5.41, 5.74) is 0.711.